The molecule has 0 fully saturated rings. The average molecular weight is 319 g/mol. The summed E-state index contributed by atoms with van der Waals surface area (Å²) in [6, 6.07) is 12.8. The Hall–Kier alpha value is -1.85. The van der Waals surface area contributed by atoms with Crippen LogP contribution in [0.1, 0.15) is 16.7 Å². The third-order valence-corrected chi connectivity index (χ3v) is 4.93. The number of hydrogen-bond acceptors (Lipinski definition) is 3. The summed E-state index contributed by atoms with van der Waals surface area (Å²) in [4.78, 5) is 0.283. The molecule has 0 aromatic heterocycles. The largest absolute Gasteiger partial charge is 0.492 e. The first-order valence-corrected chi connectivity index (χ1v) is 8.63. The highest BCUT2D eigenvalue weighted by atomic mass is 32.2. The molecule has 0 atom stereocenters. The predicted octanol–water partition coefficient (Wildman–Crippen LogP) is 2.97. The molecule has 0 saturated heterocycles. The molecule has 2 aromatic rings. The maximum atomic E-state index is 12.2. The fraction of sp³-hybridized carbons (Fsp3) is 0.294. The van der Waals surface area contributed by atoms with Gasteiger partial charge in [-0.05, 0) is 56.2 Å². The van der Waals surface area contributed by atoms with E-state index in [-0.39, 0.29) is 18.0 Å². The minimum Gasteiger partial charge on any atom is -0.492 e. The molecule has 1 N–H and O–H groups in total. The molecule has 0 radical (unpaired) electrons. The van der Waals surface area contributed by atoms with Crippen LogP contribution in [0.2, 0.25) is 0 Å². The van der Waals surface area contributed by atoms with Crippen molar-refractivity contribution in [2.45, 2.75) is 25.7 Å². The van der Waals surface area contributed by atoms with E-state index in [1.165, 1.54) is 0 Å². The fourth-order valence-corrected chi connectivity index (χ4v) is 3.04. The Kier molecular flexibility index (Phi) is 5.21. The van der Waals surface area contributed by atoms with Crippen molar-refractivity contribution < 1.29 is 13.2 Å². The van der Waals surface area contributed by atoms with E-state index in [1.807, 2.05) is 51.1 Å². The van der Waals surface area contributed by atoms with E-state index in [0.717, 1.165) is 22.4 Å². The van der Waals surface area contributed by atoms with Gasteiger partial charge >= 0.3 is 0 Å². The van der Waals surface area contributed by atoms with E-state index in [9.17, 15) is 8.42 Å². The molecule has 0 heterocycles. The standard InChI is InChI=1S/C17H21NO3S/c1-13-4-7-16(8-5-13)21-11-10-18-22(19,20)17-9-6-14(2)15(3)12-17/h4-9,12,18H,10-11H2,1-3H3. The molecule has 118 valence electrons. The molecular formula is C17H21NO3S. The second-order valence-corrected chi connectivity index (χ2v) is 7.07. The fourth-order valence-electron chi connectivity index (χ4n) is 1.94. The van der Waals surface area contributed by atoms with Crippen LogP contribution >= 0.6 is 0 Å². The van der Waals surface area contributed by atoms with E-state index in [1.54, 1.807) is 12.1 Å². The Morgan fingerprint density at radius 3 is 2.27 bits per heavy atom. The quantitative estimate of drug-likeness (QED) is 0.833. The van der Waals surface area contributed by atoms with Crippen molar-refractivity contribution in [3.8, 4) is 5.75 Å². The van der Waals surface area contributed by atoms with Gasteiger partial charge in [-0.2, -0.15) is 0 Å². The van der Waals surface area contributed by atoms with E-state index in [0.29, 0.717) is 0 Å². The monoisotopic (exact) mass is 319 g/mol. The van der Waals surface area contributed by atoms with Gasteiger partial charge in [-0.1, -0.05) is 23.8 Å². The SMILES string of the molecule is Cc1ccc(OCCNS(=O)(=O)c2ccc(C)c(C)c2)cc1. The number of sulfonamides is 1. The minimum absolute atomic E-state index is 0.225. The van der Waals surface area contributed by atoms with Gasteiger partial charge in [0.15, 0.2) is 0 Å². The first kappa shape index (κ1) is 16.5. The van der Waals surface area contributed by atoms with E-state index >= 15 is 0 Å². The summed E-state index contributed by atoms with van der Waals surface area (Å²) in [6.45, 7) is 6.36. The van der Waals surface area contributed by atoms with Crippen LogP contribution in [0.4, 0.5) is 0 Å². The average Bonchev–Trinajstić information content (AvgIpc) is 2.48. The number of aryl methyl sites for hydroxylation is 3. The minimum atomic E-state index is -3.49. The molecule has 5 heteroatoms. The number of hydrogen-bond donors (Lipinski definition) is 1. The van der Waals surface area contributed by atoms with Gasteiger partial charge in [0, 0.05) is 6.54 Å². The molecule has 0 unspecified atom stereocenters. The van der Waals surface area contributed by atoms with Crippen molar-refractivity contribution in [1.82, 2.24) is 4.72 Å². The van der Waals surface area contributed by atoms with Crippen LogP contribution in [0.25, 0.3) is 0 Å². The second kappa shape index (κ2) is 6.94. The van der Waals surface area contributed by atoms with Crippen LogP contribution in [0, 0.1) is 20.8 Å². The summed E-state index contributed by atoms with van der Waals surface area (Å²) in [6.07, 6.45) is 0. The van der Waals surface area contributed by atoms with Crippen molar-refractivity contribution in [2.75, 3.05) is 13.2 Å². The van der Waals surface area contributed by atoms with Crippen LogP contribution in [-0.4, -0.2) is 21.6 Å². The van der Waals surface area contributed by atoms with Gasteiger partial charge in [-0.25, -0.2) is 13.1 Å². The summed E-state index contributed by atoms with van der Waals surface area (Å²) >= 11 is 0. The van der Waals surface area contributed by atoms with Gasteiger partial charge in [-0.3, -0.25) is 0 Å². The summed E-state index contributed by atoms with van der Waals surface area (Å²) in [5.41, 5.74) is 3.18. The van der Waals surface area contributed by atoms with Gasteiger partial charge in [0.2, 0.25) is 10.0 Å². The third-order valence-electron chi connectivity index (χ3n) is 3.47. The summed E-state index contributed by atoms with van der Waals surface area (Å²) in [5.74, 6) is 0.732. The van der Waals surface area contributed by atoms with Crippen molar-refractivity contribution in [3.05, 3.63) is 59.2 Å². The second-order valence-electron chi connectivity index (χ2n) is 5.31. The highest BCUT2D eigenvalue weighted by molar-refractivity contribution is 7.89. The van der Waals surface area contributed by atoms with Gasteiger partial charge < -0.3 is 4.74 Å². The Balaban J connectivity index is 1.89. The molecule has 0 spiro atoms. The van der Waals surface area contributed by atoms with Gasteiger partial charge in [0.1, 0.15) is 12.4 Å². The number of benzene rings is 2. The highest BCUT2D eigenvalue weighted by Crippen LogP contribution is 2.14. The molecule has 0 aliphatic heterocycles. The van der Waals surface area contributed by atoms with Crippen molar-refractivity contribution >= 4 is 10.0 Å². The Labute approximate surface area is 132 Å². The molecule has 2 rings (SSSR count). The lowest BCUT2D eigenvalue weighted by atomic mass is 10.1. The lowest BCUT2D eigenvalue weighted by molar-refractivity contribution is 0.323. The first-order valence-electron chi connectivity index (χ1n) is 7.15. The molecular weight excluding hydrogens is 298 g/mol. The smallest absolute Gasteiger partial charge is 0.240 e. The molecule has 0 bridgehead atoms. The van der Waals surface area contributed by atoms with Crippen molar-refractivity contribution in [1.29, 1.82) is 0 Å². The molecule has 4 nitrogen and oxygen atoms in total. The number of ether oxygens (including phenoxy) is 1. The van der Waals surface area contributed by atoms with Crippen LogP contribution < -0.4 is 9.46 Å². The highest BCUT2D eigenvalue weighted by Gasteiger charge is 2.13. The molecule has 0 saturated carbocycles. The Bertz CT molecular complexity index is 737. The van der Waals surface area contributed by atoms with Crippen LogP contribution in [0.5, 0.6) is 5.75 Å². The Morgan fingerprint density at radius 1 is 0.955 bits per heavy atom. The summed E-state index contributed by atoms with van der Waals surface area (Å²) < 4.78 is 32.4. The normalized spacial score (nSPS) is 11.4. The summed E-state index contributed by atoms with van der Waals surface area (Å²) in [7, 11) is -3.49. The van der Waals surface area contributed by atoms with Crippen LogP contribution in [0.3, 0.4) is 0 Å². The predicted molar refractivity (Wildman–Crippen MR) is 87.8 cm³/mol. The third kappa shape index (κ3) is 4.32. The van der Waals surface area contributed by atoms with Crippen molar-refractivity contribution in [3.63, 3.8) is 0 Å². The number of nitrogens with one attached hydrogen (secondary N) is 1. The molecule has 2 aromatic carbocycles. The molecule has 22 heavy (non-hydrogen) atoms. The topological polar surface area (TPSA) is 55.4 Å². The zero-order valence-electron chi connectivity index (χ0n) is 13.1. The maximum absolute atomic E-state index is 12.2. The molecule has 0 aliphatic rings. The molecule has 0 amide bonds. The van der Waals surface area contributed by atoms with Gasteiger partial charge in [0.25, 0.3) is 0 Å². The van der Waals surface area contributed by atoms with Crippen molar-refractivity contribution in [2.24, 2.45) is 0 Å². The van der Waals surface area contributed by atoms with E-state index in [4.69, 9.17) is 4.74 Å². The van der Waals surface area contributed by atoms with Gasteiger partial charge in [0.05, 0.1) is 4.90 Å². The lowest BCUT2D eigenvalue weighted by Gasteiger charge is -2.10. The Morgan fingerprint density at radius 2 is 1.64 bits per heavy atom. The van der Waals surface area contributed by atoms with Crippen LogP contribution in [-0.2, 0) is 10.0 Å². The van der Waals surface area contributed by atoms with E-state index in [2.05, 4.69) is 4.72 Å². The zero-order valence-corrected chi connectivity index (χ0v) is 13.9. The maximum Gasteiger partial charge on any atom is 0.240 e. The zero-order chi connectivity index (χ0) is 16.2. The molecule has 0 aliphatic carbocycles. The first-order chi connectivity index (χ1) is 10.4. The van der Waals surface area contributed by atoms with E-state index < -0.39 is 10.0 Å². The van der Waals surface area contributed by atoms with Gasteiger partial charge in [-0.15, -0.1) is 0 Å². The van der Waals surface area contributed by atoms with Crippen LogP contribution in [0.15, 0.2) is 47.4 Å². The lowest BCUT2D eigenvalue weighted by Crippen LogP contribution is -2.28. The number of rotatable bonds is 6. The summed E-state index contributed by atoms with van der Waals surface area (Å²) in [5, 5.41) is 0.